The molecular weight excluding hydrogens is 190 g/mol. The van der Waals surface area contributed by atoms with Crippen LogP contribution in [0.5, 0.6) is 0 Å². The molecular formula is C11H13N3O. The smallest absolute Gasteiger partial charge is 0.274 e. The normalized spacial score (nSPS) is 10.8. The Morgan fingerprint density at radius 1 is 1.33 bits per heavy atom. The summed E-state index contributed by atoms with van der Waals surface area (Å²) in [6.45, 7) is 2.81. The van der Waals surface area contributed by atoms with Crippen LogP contribution in [0.15, 0.2) is 29.1 Å². The number of hydrogen-bond donors (Lipinski definition) is 1. The van der Waals surface area contributed by atoms with Crippen LogP contribution >= 0.6 is 0 Å². The molecule has 0 fully saturated rings. The first kappa shape index (κ1) is 9.86. The zero-order chi connectivity index (χ0) is 10.8. The van der Waals surface area contributed by atoms with Gasteiger partial charge in [0.1, 0.15) is 0 Å². The molecule has 0 amide bonds. The standard InChI is InChI=1S/C11H13N3O/c1-2-14-11(15)9-6-4-3-5-8(9)10(7-12)13-14/h3-6H,2,7,12H2,1H3. The maximum absolute atomic E-state index is 11.9. The van der Waals surface area contributed by atoms with Crippen LogP contribution in [0.4, 0.5) is 0 Å². The van der Waals surface area contributed by atoms with Crippen LogP contribution in [0.3, 0.4) is 0 Å². The molecule has 0 unspecified atom stereocenters. The Labute approximate surface area is 87.3 Å². The second-order valence-corrected chi connectivity index (χ2v) is 3.32. The molecule has 2 aromatic rings. The summed E-state index contributed by atoms with van der Waals surface area (Å²) in [6.07, 6.45) is 0. The summed E-state index contributed by atoms with van der Waals surface area (Å²) in [4.78, 5) is 11.9. The summed E-state index contributed by atoms with van der Waals surface area (Å²) in [6, 6.07) is 7.43. The molecule has 0 saturated heterocycles. The van der Waals surface area contributed by atoms with Crippen LogP contribution in [0.2, 0.25) is 0 Å². The summed E-state index contributed by atoms with van der Waals surface area (Å²) in [7, 11) is 0. The zero-order valence-corrected chi connectivity index (χ0v) is 8.60. The van der Waals surface area contributed by atoms with E-state index in [1.54, 1.807) is 0 Å². The van der Waals surface area contributed by atoms with Crippen LogP contribution in [-0.2, 0) is 13.1 Å². The molecule has 0 aliphatic heterocycles. The number of fused-ring (bicyclic) bond motifs is 1. The number of nitrogens with zero attached hydrogens (tertiary/aromatic N) is 2. The Morgan fingerprint density at radius 2 is 2.00 bits per heavy atom. The van der Waals surface area contributed by atoms with Gasteiger partial charge in [0, 0.05) is 18.5 Å². The summed E-state index contributed by atoms with van der Waals surface area (Å²) in [5.41, 5.74) is 6.33. The van der Waals surface area contributed by atoms with Crippen LogP contribution in [0, 0.1) is 0 Å². The maximum atomic E-state index is 11.9. The Kier molecular flexibility index (Phi) is 2.51. The van der Waals surface area contributed by atoms with Gasteiger partial charge in [-0.3, -0.25) is 4.79 Å². The third kappa shape index (κ3) is 1.53. The van der Waals surface area contributed by atoms with Crippen molar-refractivity contribution in [2.24, 2.45) is 5.73 Å². The molecule has 0 aliphatic carbocycles. The van der Waals surface area contributed by atoms with Gasteiger partial charge in [0.05, 0.1) is 11.1 Å². The third-order valence-corrected chi connectivity index (χ3v) is 2.44. The first-order valence-corrected chi connectivity index (χ1v) is 4.96. The Balaban J connectivity index is 2.90. The summed E-state index contributed by atoms with van der Waals surface area (Å²) in [5.74, 6) is 0. The van der Waals surface area contributed by atoms with Crippen molar-refractivity contribution in [3.8, 4) is 0 Å². The van der Waals surface area contributed by atoms with E-state index in [9.17, 15) is 4.79 Å². The van der Waals surface area contributed by atoms with Crippen molar-refractivity contribution in [1.82, 2.24) is 9.78 Å². The number of nitrogens with two attached hydrogens (primary N) is 1. The van der Waals surface area contributed by atoms with Gasteiger partial charge in [0.2, 0.25) is 0 Å². The SMILES string of the molecule is CCn1nc(CN)c2ccccc2c1=O. The monoisotopic (exact) mass is 203 g/mol. The lowest BCUT2D eigenvalue weighted by atomic mass is 10.1. The zero-order valence-electron chi connectivity index (χ0n) is 8.60. The number of rotatable bonds is 2. The molecule has 4 heteroatoms. The molecule has 1 aromatic heterocycles. The van der Waals surface area contributed by atoms with Gasteiger partial charge in [0.15, 0.2) is 0 Å². The molecule has 0 aliphatic rings. The quantitative estimate of drug-likeness (QED) is 0.788. The average Bonchev–Trinajstić information content (AvgIpc) is 2.30. The molecule has 2 N–H and O–H groups in total. The molecule has 0 spiro atoms. The number of aryl methyl sites for hydroxylation is 1. The van der Waals surface area contributed by atoms with Crippen molar-refractivity contribution in [3.63, 3.8) is 0 Å². The molecule has 0 bridgehead atoms. The summed E-state index contributed by atoms with van der Waals surface area (Å²) < 4.78 is 1.45. The van der Waals surface area contributed by atoms with Crippen molar-refractivity contribution < 1.29 is 0 Å². The van der Waals surface area contributed by atoms with Gasteiger partial charge in [-0.2, -0.15) is 5.10 Å². The number of benzene rings is 1. The molecule has 2 rings (SSSR count). The largest absolute Gasteiger partial charge is 0.325 e. The molecule has 1 heterocycles. The van der Waals surface area contributed by atoms with E-state index < -0.39 is 0 Å². The van der Waals surface area contributed by atoms with Gasteiger partial charge in [-0.05, 0) is 13.0 Å². The fourth-order valence-corrected chi connectivity index (χ4v) is 1.67. The van der Waals surface area contributed by atoms with E-state index in [2.05, 4.69) is 5.10 Å². The highest BCUT2D eigenvalue weighted by atomic mass is 16.1. The van der Waals surface area contributed by atoms with Gasteiger partial charge in [0.25, 0.3) is 5.56 Å². The maximum Gasteiger partial charge on any atom is 0.274 e. The van der Waals surface area contributed by atoms with Gasteiger partial charge in [-0.15, -0.1) is 0 Å². The molecule has 0 atom stereocenters. The number of aromatic nitrogens is 2. The van der Waals surface area contributed by atoms with E-state index >= 15 is 0 Å². The van der Waals surface area contributed by atoms with Crippen LogP contribution in [-0.4, -0.2) is 9.78 Å². The summed E-state index contributed by atoms with van der Waals surface area (Å²) in [5, 5.41) is 5.76. The first-order valence-electron chi connectivity index (χ1n) is 4.96. The number of hydrogen-bond acceptors (Lipinski definition) is 3. The van der Waals surface area contributed by atoms with Crippen LogP contribution in [0.1, 0.15) is 12.6 Å². The van der Waals surface area contributed by atoms with E-state index in [0.717, 1.165) is 11.1 Å². The second-order valence-electron chi connectivity index (χ2n) is 3.32. The van der Waals surface area contributed by atoms with Crippen molar-refractivity contribution >= 4 is 10.8 Å². The predicted octanol–water partition coefficient (Wildman–Crippen LogP) is 0.875. The van der Waals surface area contributed by atoms with E-state index in [-0.39, 0.29) is 5.56 Å². The average molecular weight is 203 g/mol. The molecule has 0 saturated carbocycles. The van der Waals surface area contributed by atoms with Gasteiger partial charge in [-0.1, -0.05) is 18.2 Å². The molecule has 4 nitrogen and oxygen atoms in total. The topological polar surface area (TPSA) is 60.9 Å². The lowest BCUT2D eigenvalue weighted by Gasteiger charge is -2.07. The van der Waals surface area contributed by atoms with E-state index in [4.69, 9.17) is 5.73 Å². The van der Waals surface area contributed by atoms with Gasteiger partial charge < -0.3 is 5.73 Å². The molecule has 78 valence electrons. The lowest BCUT2D eigenvalue weighted by Crippen LogP contribution is -2.24. The fraction of sp³-hybridized carbons (Fsp3) is 0.273. The lowest BCUT2D eigenvalue weighted by molar-refractivity contribution is 0.607. The van der Waals surface area contributed by atoms with E-state index in [0.29, 0.717) is 18.5 Å². The molecule has 0 radical (unpaired) electrons. The molecule has 15 heavy (non-hydrogen) atoms. The summed E-state index contributed by atoms with van der Waals surface area (Å²) >= 11 is 0. The van der Waals surface area contributed by atoms with Gasteiger partial charge >= 0.3 is 0 Å². The minimum Gasteiger partial charge on any atom is -0.325 e. The second kappa shape index (κ2) is 3.82. The van der Waals surface area contributed by atoms with Crippen molar-refractivity contribution in [1.29, 1.82) is 0 Å². The Morgan fingerprint density at radius 3 is 2.60 bits per heavy atom. The minimum absolute atomic E-state index is 0.0506. The van der Waals surface area contributed by atoms with E-state index in [1.165, 1.54) is 4.68 Å². The van der Waals surface area contributed by atoms with Crippen molar-refractivity contribution in [3.05, 3.63) is 40.3 Å². The Hall–Kier alpha value is -1.68. The van der Waals surface area contributed by atoms with Crippen molar-refractivity contribution in [2.75, 3.05) is 0 Å². The first-order chi connectivity index (χ1) is 7.27. The highest BCUT2D eigenvalue weighted by molar-refractivity contribution is 5.83. The molecule has 1 aromatic carbocycles. The third-order valence-electron chi connectivity index (χ3n) is 2.44. The highest BCUT2D eigenvalue weighted by Gasteiger charge is 2.07. The van der Waals surface area contributed by atoms with Crippen LogP contribution < -0.4 is 11.3 Å². The Bertz CT molecular complexity index is 545. The highest BCUT2D eigenvalue weighted by Crippen LogP contribution is 2.12. The predicted molar refractivity (Wildman–Crippen MR) is 59.6 cm³/mol. The van der Waals surface area contributed by atoms with Crippen LogP contribution in [0.25, 0.3) is 10.8 Å². The van der Waals surface area contributed by atoms with E-state index in [1.807, 2.05) is 31.2 Å². The van der Waals surface area contributed by atoms with Crippen molar-refractivity contribution in [2.45, 2.75) is 20.0 Å². The minimum atomic E-state index is -0.0506. The fourth-order valence-electron chi connectivity index (χ4n) is 1.67. The van der Waals surface area contributed by atoms with Gasteiger partial charge in [-0.25, -0.2) is 4.68 Å².